The summed E-state index contributed by atoms with van der Waals surface area (Å²) in [5.41, 5.74) is 6.21. The molecule has 2 aromatic carbocycles. The molecule has 7 nitrogen and oxygen atoms in total. The highest BCUT2D eigenvalue weighted by atomic mass is 16.5. The molecule has 4 heterocycles. The fourth-order valence-electron chi connectivity index (χ4n) is 5.67. The molecule has 2 aliphatic rings. The second-order valence-corrected chi connectivity index (χ2v) is 9.69. The maximum atomic E-state index is 5.66. The number of rotatable bonds is 6. The van der Waals surface area contributed by atoms with E-state index in [2.05, 4.69) is 68.7 Å². The largest absolute Gasteiger partial charge is 0.494 e. The van der Waals surface area contributed by atoms with Crippen molar-refractivity contribution in [2.75, 3.05) is 44.3 Å². The summed E-state index contributed by atoms with van der Waals surface area (Å²) in [5, 5.41) is 11.4. The number of anilines is 1. The molecular formula is C29H33N5O2. The van der Waals surface area contributed by atoms with Crippen molar-refractivity contribution >= 4 is 16.6 Å². The Labute approximate surface area is 212 Å². The lowest BCUT2D eigenvalue weighted by atomic mass is 10.1. The van der Waals surface area contributed by atoms with Gasteiger partial charge in [-0.3, -0.25) is 4.90 Å². The Bertz CT molecular complexity index is 1390. The number of aryl methyl sites for hydroxylation is 2. The van der Waals surface area contributed by atoms with Crippen LogP contribution >= 0.6 is 0 Å². The highest BCUT2D eigenvalue weighted by Crippen LogP contribution is 2.34. The summed E-state index contributed by atoms with van der Waals surface area (Å²) in [5.74, 6) is 2.94. The molecule has 4 aromatic rings. The summed E-state index contributed by atoms with van der Waals surface area (Å²) < 4.78 is 13.6. The summed E-state index contributed by atoms with van der Waals surface area (Å²) >= 11 is 0. The van der Waals surface area contributed by atoms with Crippen molar-refractivity contribution in [3.63, 3.8) is 0 Å². The molecule has 0 N–H and O–H groups in total. The van der Waals surface area contributed by atoms with Gasteiger partial charge >= 0.3 is 0 Å². The van der Waals surface area contributed by atoms with Gasteiger partial charge in [0.05, 0.1) is 19.4 Å². The molecule has 186 valence electrons. The van der Waals surface area contributed by atoms with Crippen LogP contribution in [0.4, 0.5) is 5.82 Å². The highest BCUT2D eigenvalue weighted by molar-refractivity contribution is 5.97. The molecule has 0 radical (unpaired) electrons. The second-order valence-electron chi connectivity index (χ2n) is 9.69. The number of aromatic nitrogens is 3. The van der Waals surface area contributed by atoms with Gasteiger partial charge in [0.25, 0.3) is 0 Å². The quantitative estimate of drug-likeness (QED) is 0.397. The normalized spacial score (nSPS) is 15.8. The molecule has 0 saturated carbocycles. The first-order valence-corrected chi connectivity index (χ1v) is 12.9. The molecule has 0 bridgehead atoms. The minimum atomic E-state index is 0.668. The van der Waals surface area contributed by atoms with Crippen molar-refractivity contribution in [2.45, 2.75) is 33.7 Å². The monoisotopic (exact) mass is 483 g/mol. The predicted molar refractivity (Wildman–Crippen MR) is 143 cm³/mol. The third-order valence-electron chi connectivity index (χ3n) is 7.49. The number of hydrogen-bond donors (Lipinski definition) is 0. The molecular weight excluding hydrogens is 450 g/mol. The van der Waals surface area contributed by atoms with Crippen molar-refractivity contribution in [3.8, 4) is 17.2 Å². The SMILES string of the molecule is CCOc1ccc(-n2c(C)c3cnnc(N4CCN(Cc5ccc6c(c5)CCO6)CC4)c3c2C)cc1. The minimum Gasteiger partial charge on any atom is -0.494 e. The number of benzene rings is 2. The Hall–Kier alpha value is -3.58. The third-order valence-corrected chi connectivity index (χ3v) is 7.49. The Morgan fingerprint density at radius 3 is 2.56 bits per heavy atom. The van der Waals surface area contributed by atoms with Crippen molar-refractivity contribution in [1.29, 1.82) is 0 Å². The summed E-state index contributed by atoms with van der Waals surface area (Å²) in [6.07, 6.45) is 2.93. The molecule has 1 saturated heterocycles. The van der Waals surface area contributed by atoms with E-state index in [4.69, 9.17) is 9.47 Å². The van der Waals surface area contributed by atoms with Gasteiger partial charge in [-0.25, -0.2) is 0 Å². The molecule has 7 heteroatoms. The van der Waals surface area contributed by atoms with Gasteiger partial charge in [-0.05, 0) is 62.2 Å². The summed E-state index contributed by atoms with van der Waals surface area (Å²) in [7, 11) is 0. The Kier molecular flexibility index (Phi) is 6.01. The zero-order valence-electron chi connectivity index (χ0n) is 21.3. The van der Waals surface area contributed by atoms with Gasteiger partial charge in [0.1, 0.15) is 11.5 Å². The van der Waals surface area contributed by atoms with E-state index in [-0.39, 0.29) is 0 Å². The van der Waals surface area contributed by atoms with Gasteiger partial charge in [0.15, 0.2) is 5.82 Å². The fraction of sp³-hybridized carbons (Fsp3) is 0.379. The van der Waals surface area contributed by atoms with Crippen LogP contribution < -0.4 is 14.4 Å². The van der Waals surface area contributed by atoms with E-state index >= 15 is 0 Å². The van der Waals surface area contributed by atoms with Crippen LogP contribution in [0, 0.1) is 13.8 Å². The van der Waals surface area contributed by atoms with Crippen molar-refractivity contribution in [3.05, 3.63) is 71.2 Å². The molecule has 0 atom stereocenters. The van der Waals surface area contributed by atoms with Crippen LogP contribution in [0.25, 0.3) is 16.5 Å². The van der Waals surface area contributed by atoms with Crippen LogP contribution in [-0.4, -0.2) is 59.1 Å². The van der Waals surface area contributed by atoms with E-state index in [9.17, 15) is 0 Å². The number of nitrogens with zero attached hydrogens (tertiary/aromatic N) is 5. The molecule has 0 unspecified atom stereocenters. The van der Waals surface area contributed by atoms with E-state index < -0.39 is 0 Å². The molecule has 6 rings (SSSR count). The molecule has 0 aliphatic carbocycles. The van der Waals surface area contributed by atoms with E-state index in [0.29, 0.717) is 6.61 Å². The van der Waals surface area contributed by atoms with Crippen molar-refractivity contribution < 1.29 is 9.47 Å². The summed E-state index contributed by atoms with van der Waals surface area (Å²) in [6, 6.07) is 15.0. The molecule has 1 fully saturated rings. The minimum absolute atomic E-state index is 0.668. The lowest BCUT2D eigenvalue weighted by Gasteiger charge is -2.35. The van der Waals surface area contributed by atoms with Crippen LogP contribution in [0.5, 0.6) is 11.5 Å². The second kappa shape index (κ2) is 9.47. The molecule has 0 spiro atoms. The average Bonchev–Trinajstić information content (AvgIpc) is 3.47. The molecule has 0 amide bonds. The van der Waals surface area contributed by atoms with E-state index in [1.807, 2.05) is 25.3 Å². The lowest BCUT2D eigenvalue weighted by molar-refractivity contribution is 0.249. The lowest BCUT2D eigenvalue weighted by Crippen LogP contribution is -2.46. The van der Waals surface area contributed by atoms with Crippen LogP contribution in [0.3, 0.4) is 0 Å². The van der Waals surface area contributed by atoms with Gasteiger partial charge < -0.3 is 18.9 Å². The van der Waals surface area contributed by atoms with Crippen LogP contribution in [0.15, 0.2) is 48.7 Å². The first-order valence-electron chi connectivity index (χ1n) is 12.9. The molecule has 2 aliphatic heterocycles. The first kappa shape index (κ1) is 22.9. The van der Waals surface area contributed by atoms with Crippen molar-refractivity contribution in [2.24, 2.45) is 0 Å². The maximum absolute atomic E-state index is 5.66. The van der Waals surface area contributed by atoms with Crippen LogP contribution in [-0.2, 0) is 13.0 Å². The number of hydrogen-bond acceptors (Lipinski definition) is 6. The van der Waals surface area contributed by atoms with Crippen LogP contribution in [0.1, 0.15) is 29.4 Å². The zero-order valence-corrected chi connectivity index (χ0v) is 21.3. The van der Waals surface area contributed by atoms with Crippen molar-refractivity contribution in [1.82, 2.24) is 19.7 Å². The standard InChI is InChI=1S/C29H33N5O2/c1-4-35-25-8-6-24(7-9-25)34-20(2)26-18-30-31-29(28(26)21(34)3)33-14-12-32(13-15-33)19-22-5-10-27-23(17-22)11-16-36-27/h5-10,17-18H,4,11-16,19H2,1-3H3. The summed E-state index contributed by atoms with van der Waals surface area (Å²) in [6.45, 7) is 12.7. The van der Waals surface area contributed by atoms with E-state index in [0.717, 1.165) is 74.1 Å². The van der Waals surface area contributed by atoms with Crippen LogP contribution in [0.2, 0.25) is 0 Å². The van der Waals surface area contributed by atoms with Gasteiger partial charge in [0.2, 0.25) is 0 Å². The molecule has 2 aromatic heterocycles. The van der Waals surface area contributed by atoms with Gasteiger partial charge in [-0.1, -0.05) is 12.1 Å². The van der Waals surface area contributed by atoms with E-state index in [1.54, 1.807) is 0 Å². The number of fused-ring (bicyclic) bond motifs is 2. The average molecular weight is 484 g/mol. The van der Waals surface area contributed by atoms with Gasteiger partial charge in [-0.2, -0.15) is 5.10 Å². The fourth-order valence-corrected chi connectivity index (χ4v) is 5.67. The smallest absolute Gasteiger partial charge is 0.161 e. The first-order chi connectivity index (χ1) is 17.6. The predicted octanol–water partition coefficient (Wildman–Crippen LogP) is 4.69. The third kappa shape index (κ3) is 4.07. The number of piperazine rings is 1. The van der Waals surface area contributed by atoms with E-state index in [1.165, 1.54) is 27.9 Å². The topological polar surface area (TPSA) is 55.7 Å². The maximum Gasteiger partial charge on any atom is 0.161 e. The zero-order chi connectivity index (χ0) is 24.6. The molecule has 36 heavy (non-hydrogen) atoms. The Balaban J connectivity index is 1.22. The highest BCUT2D eigenvalue weighted by Gasteiger charge is 2.24. The summed E-state index contributed by atoms with van der Waals surface area (Å²) in [4.78, 5) is 4.93. The Morgan fingerprint density at radius 1 is 0.972 bits per heavy atom. The Morgan fingerprint density at radius 2 is 1.78 bits per heavy atom. The van der Waals surface area contributed by atoms with Gasteiger partial charge in [0, 0.05) is 67.0 Å². The van der Waals surface area contributed by atoms with Gasteiger partial charge in [-0.15, -0.1) is 5.10 Å². The number of ether oxygens (including phenoxy) is 2.